The number of ether oxygens (including phenoxy) is 1. The van der Waals surface area contributed by atoms with Gasteiger partial charge in [0, 0.05) is 23.1 Å². The van der Waals surface area contributed by atoms with Gasteiger partial charge in [0.2, 0.25) is 0 Å². The first-order valence-corrected chi connectivity index (χ1v) is 12.6. The summed E-state index contributed by atoms with van der Waals surface area (Å²) in [6, 6.07) is 16.9. The molecular formula is C29H30N4O4. The van der Waals surface area contributed by atoms with Crippen molar-refractivity contribution in [3.63, 3.8) is 0 Å². The number of H-pyrrole nitrogens is 1. The largest absolute Gasteiger partial charge is 0.492 e. The second-order valence-corrected chi connectivity index (χ2v) is 9.08. The topological polar surface area (TPSA) is 109 Å². The molecule has 0 bridgehead atoms. The average molecular weight is 499 g/mol. The number of amides is 1. The number of furan rings is 1. The van der Waals surface area contributed by atoms with Gasteiger partial charge in [0.25, 0.3) is 11.5 Å². The van der Waals surface area contributed by atoms with Crippen molar-refractivity contribution in [1.29, 1.82) is 0 Å². The lowest BCUT2D eigenvalue weighted by atomic mass is 9.90. The van der Waals surface area contributed by atoms with E-state index in [4.69, 9.17) is 9.15 Å². The van der Waals surface area contributed by atoms with Crippen LogP contribution in [0, 0.1) is 0 Å². The number of para-hydroxylation sites is 2. The molecule has 0 saturated heterocycles. The Kier molecular flexibility index (Phi) is 7.35. The van der Waals surface area contributed by atoms with Crippen LogP contribution in [-0.2, 0) is 19.3 Å². The van der Waals surface area contributed by atoms with Crippen LogP contribution in [0.1, 0.15) is 64.2 Å². The van der Waals surface area contributed by atoms with E-state index in [0.29, 0.717) is 24.3 Å². The van der Waals surface area contributed by atoms with E-state index in [1.165, 1.54) is 0 Å². The van der Waals surface area contributed by atoms with Crippen molar-refractivity contribution in [1.82, 2.24) is 15.5 Å². The number of carbonyl (C=O) groups is 1. The second-order valence-electron chi connectivity index (χ2n) is 9.08. The molecule has 8 nitrogen and oxygen atoms in total. The predicted octanol–water partition coefficient (Wildman–Crippen LogP) is 4.77. The fourth-order valence-corrected chi connectivity index (χ4v) is 4.77. The number of fused-ring (bicyclic) bond motifs is 1. The number of aromatic amines is 1. The third-order valence-electron chi connectivity index (χ3n) is 6.58. The molecule has 1 aliphatic rings. The molecule has 0 radical (unpaired) electrons. The van der Waals surface area contributed by atoms with Crippen molar-refractivity contribution in [3.8, 4) is 5.75 Å². The van der Waals surface area contributed by atoms with Crippen LogP contribution >= 0.6 is 0 Å². The average Bonchev–Trinajstić information content (AvgIpc) is 3.47. The fraction of sp³-hybridized carbons (Fsp3) is 0.276. The van der Waals surface area contributed by atoms with Crippen molar-refractivity contribution >= 4 is 11.6 Å². The first-order valence-electron chi connectivity index (χ1n) is 12.6. The summed E-state index contributed by atoms with van der Waals surface area (Å²) >= 11 is 0. The highest BCUT2D eigenvalue weighted by Gasteiger charge is 2.20. The minimum absolute atomic E-state index is 0.0877. The summed E-state index contributed by atoms with van der Waals surface area (Å²) in [5, 5.41) is 13.4. The molecule has 3 N–H and O–H groups in total. The maximum Gasteiger partial charge on any atom is 0.267 e. The van der Waals surface area contributed by atoms with Crippen LogP contribution in [0.3, 0.4) is 0 Å². The number of rotatable bonds is 9. The molecule has 2 aromatic carbocycles. The van der Waals surface area contributed by atoms with Gasteiger partial charge < -0.3 is 19.8 Å². The Morgan fingerprint density at radius 1 is 1.11 bits per heavy atom. The van der Waals surface area contributed by atoms with E-state index in [-0.39, 0.29) is 11.5 Å². The highest BCUT2D eigenvalue weighted by atomic mass is 16.5. The number of hydrogen-bond acceptors (Lipinski definition) is 6. The van der Waals surface area contributed by atoms with E-state index in [2.05, 4.69) is 20.8 Å². The molecular weight excluding hydrogens is 468 g/mol. The zero-order valence-corrected chi connectivity index (χ0v) is 20.8. The zero-order chi connectivity index (χ0) is 25.6. The van der Waals surface area contributed by atoms with Gasteiger partial charge in [-0.3, -0.25) is 9.59 Å². The first-order chi connectivity index (χ1) is 18.1. The molecule has 1 unspecified atom stereocenters. The number of nitrogens with one attached hydrogen (secondary N) is 3. The highest BCUT2D eigenvalue weighted by molar-refractivity contribution is 5.94. The minimum atomic E-state index is -0.538. The van der Waals surface area contributed by atoms with Gasteiger partial charge in [-0.15, -0.1) is 0 Å². The fourth-order valence-electron chi connectivity index (χ4n) is 4.77. The van der Waals surface area contributed by atoms with E-state index >= 15 is 0 Å². The number of nitrogens with zero attached hydrogens (tertiary/aromatic N) is 1. The molecule has 0 aliphatic heterocycles. The van der Waals surface area contributed by atoms with Crippen LogP contribution < -0.4 is 20.9 Å². The van der Waals surface area contributed by atoms with E-state index in [1.54, 1.807) is 18.6 Å². The Morgan fingerprint density at radius 3 is 2.76 bits per heavy atom. The molecule has 0 saturated carbocycles. The molecule has 0 fully saturated rings. The summed E-state index contributed by atoms with van der Waals surface area (Å²) in [6.07, 6.45) is 6.92. The summed E-state index contributed by atoms with van der Waals surface area (Å²) in [6.45, 7) is 2.46. The van der Waals surface area contributed by atoms with Gasteiger partial charge in [-0.25, -0.2) is 5.10 Å². The van der Waals surface area contributed by atoms with Gasteiger partial charge in [0.05, 0.1) is 30.5 Å². The number of carbonyl (C=O) groups excluding carboxylic acids is 1. The lowest BCUT2D eigenvalue weighted by molar-refractivity contribution is 0.0941. The van der Waals surface area contributed by atoms with Gasteiger partial charge in [-0.1, -0.05) is 24.3 Å². The molecule has 37 heavy (non-hydrogen) atoms. The lowest BCUT2D eigenvalue weighted by Crippen LogP contribution is -2.33. The summed E-state index contributed by atoms with van der Waals surface area (Å²) < 4.78 is 11.0. The van der Waals surface area contributed by atoms with E-state index in [9.17, 15) is 9.59 Å². The number of benzene rings is 2. The molecule has 2 heterocycles. The Morgan fingerprint density at radius 2 is 1.95 bits per heavy atom. The van der Waals surface area contributed by atoms with Gasteiger partial charge in [0.1, 0.15) is 11.9 Å². The van der Waals surface area contributed by atoms with Crippen molar-refractivity contribution in [2.45, 2.75) is 45.2 Å². The van der Waals surface area contributed by atoms with Gasteiger partial charge in [0.15, 0.2) is 0 Å². The maximum atomic E-state index is 13.4. The molecule has 8 heteroatoms. The molecule has 1 amide bonds. The first kappa shape index (κ1) is 24.4. The van der Waals surface area contributed by atoms with Crippen LogP contribution in [0.5, 0.6) is 5.75 Å². The van der Waals surface area contributed by atoms with Crippen molar-refractivity contribution in [2.24, 2.45) is 0 Å². The Labute approximate surface area is 215 Å². The van der Waals surface area contributed by atoms with Gasteiger partial charge >= 0.3 is 0 Å². The van der Waals surface area contributed by atoms with E-state index in [0.717, 1.165) is 59.3 Å². The molecule has 1 aliphatic carbocycles. The molecule has 190 valence electrons. The monoisotopic (exact) mass is 498 g/mol. The van der Waals surface area contributed by atoms with Crippen molar-refractivity contribution in [3.05, 3.63) is 111 Å². The molecule has 5 rings (SSSR count). The smallest absolute Gasteiger partial charge is 0.267 e. The molecule has 4 aromatic rings. The van der Waals surface area contributed by atoms with E-state index < -0.39 is 6.17 Å². The van der Waals surface area contributed by atoms with Crippen LogP contribution in [-0.4, -0.2) is 22.7 Å². The predicted molar refractivity (Wildman–Crippen MR) is 141 cm³/mol. The van der Waals surface area contributed by atoms with Crippen molar-refractivity contribution in [2.75, 3.05) is 11.9 Å². The second kappa shape index (κ2) is 11.2. The SMILES string of the molecule is CCOc1ccccc1NC(NC(=O)c1cccc(Cc2n[nH]c(=O)c3c2CCCC3)c1)c1ccoc1. The van der Waals surface area contributed by atoms with Gasteiger partial charge in [-0.2, -0.15) is 5.10 Å². The van der Waals surface area contributed by atoms with Crippen molar-refractivity contribution < 1.29 is 13.9 Å². The molecule has 0 spiro atoms. The summed E-state index contributed by atoms with van der Waals surface area (Å²) in [5.74, 6) is 0.470. The standard InChI is InChI=1S/C29H30N4O4/c1-2-37-26-13-6-5-12-24(26)30-27(21-14-15-36-18-21)31-28(34)20-9-7-8-19(16-20)17-25-22-10-3-4-11-23(22)29(35)33-32-25/h5-9,12-16,18,27,30H,2-4,10-11,17H2,1H3,(H,31,34)(H,33,35). The zero-order valence-electron chi connectivity index (χ0n) is 20.8. The number of aromatic nitrogens is 2. The number of anilines is 1. The Hall–Kier alpha value is -4.33. The summed E-state index contributed by atoms with van der Waals surface area (Å²) in [4.78, 5) is 25.6. The minimum Gasteiger partial charge on any atom is -0.492 e. The highest BCUT2D eigenvalue weighted by Crippen LogP contribution is 2.28. The quantitative estimate of drug-likeness (QED) is 0.287. The normalized spacial score (nSPS) is 13.4. The number of hydrogen-bond donors (Lipinski definition) is 3. The molecule has 2 aromatic heterocycles. The van der Waals surface area contributed by atoms with Gasteiger partial charge in [-0.05, 0) is 74.1 Å². The lowest BCUT2D eigenvalue weighted by Gasteiger charge is -2.22. The Balaban J connectivity index is 1.36. The van der Waals surface area contributed by atoms with Crippen LogP contribution in [0.25, 0.3) is 0 Å². The maximum absolute atomic E-state index is 13.4. The Bertz CT molecular complexity index is 1430. The van der Waals surface area contributed by atoms with Crippen LogP contribution in [0.15, 0.2) is 76.3 Å². The van der Waals surface area contributed by atoms with Crippen LogP contribution in [0.4, 0.5) is 5.69 Å². The summed E-state index contributed by atoms with van der Waals surface area (Å²) in [7, 11) is 0. The molecule has 1 atom stereocenters. The summed E-state index contributed by atoms with van der Waals surface area (Å²) in [5.41, 5.74) is 5.72. The third kappa shape index (κ3) is 5.58. The van der Waals surface area contributed by atoms with Crippen LogP contribution in [0.2, 0.25) is 0 Å². The van der Waals surface area contributed by atoms with E-state index in [1.807, 2.05) is 55.5 Å². The third-order valence-corrected chi connectivity index (χ3v) is 6.58.